The third kappa shape index (κ3) is 1.27. The summed E-state index contributed by atoms with van der Waals surface area (Å²) in [6.07, 6.45) is 5.68. The number of ether oxygens (including phenoxy) is 1. The standard InChI is InChI=1S/C9H12N2O2/c1-13-8-7(10-5-6-11-8)9(12)3-2-4-9/h5-6,12H,2-4H2,1H3. The van der Waals surface area contributed by atoms with Crippen molar-refractivity contribution in [1.82, 2.24) is 9.97 Å². The number of aliphatic hydroxyl groups is 1. The van der Waals surface area contributed by atoms with E-state index in [9.17, 15) is 5.11 Å². The lowest BCUT2D eigenvalue weighted by molar-refractivity contribution is -0.0449. The van der Waals surface area contributed by atoms with Gasteiger partial charge in [0, 0.05) is 12.4 Å². The maximum atomic E-state index is 10.0. The van der Waals surface area contributed by atoms with Crippen LogP contribution in [0.15, 0.2) is 12.4 Å². The molecule has 0 saturated heterocycles. The van der Waals surface area contributed by atoms with Crippen LogP contribution < -0.4 is 4.74 Å². The molecule has 4 heteroatoms. The van der Waals surface area contributed by atoms with Crippen LogP contribution in [0.4, 0.5) is 0 Å². The molecule has 4 nitrogen and oxygen atoms in total. The van der Waals surface area contributed by atoms with Crippen molar-refractivity contribution in [2.45, 2.75) is 24.9 Å². The van der Waals surface area contributed by atoms with E-state index in [2.05, 4.69) is 9.97 Å². The minimum atomic E-state index is -0.792. The van der Waals surface area contributed by atoms with Crippen LogP contribution in [0.1, 0.15) is 25.0 Å². The summed E-state index contributed by atoms with van der Waals surface area (Å²) in [6, 6.07) is 0. The maximum absolute atomic E-state index is 10.0. The summed E-state index contributed by atoms with van der Waals surface area (Å²) in [6.45, 7) is 0. The van der Waals surface area contributed by atoms with Gasteiger partial charge < -0.3 is 9.84 Å². The van der Waals surface area contributed by atoms with Gasteiger partial charge in [0.2, 0.25) is 5.88 Å². The van der Waals surface area contributed by atoms with E-state index in [1.165, 1.54) is 7.11 Å². The van der Waals surface area contributed by atoms with Gasteiger partial charge in [-0.05, 0) is 19.3 Å². The molecule has 1 fully saturated rings. The number of methoxy groups -OCH3 is 1. The molecule has 13 heavy (non-hydrogen) atoms. The highest BCUT2D eigenvalue weighted by atomic mass is 16.5. The molecule has 1 heterocycles. The van der Waals surface area contributed by atoms with Crippen LogP contribution in [0.25, 0.3) is 0 Å². The second-order valence-electron chi connectivity index (χ2n) is 3.30. The third-order valence-electron chi connectivity index (χ3n) is 2.48. The molecule has 1 saturated carbocycles. The van der Waals surface area contributed by atoms with E-state index in [0.717, 1.165) is 19.3 Å². The van der Waals surface area contributed by atoms with Gasteiger partial charge in [-0.3, -0.25) is 4.98 Å². The molecule has 0 aliphatic heterocycles. The first-order valence-corrected chi connectivity index (χ1v) is 4.34. The fourth-order valence-corrected chi connectivity index (χ4v) is 1.54. The number of hydrogen-bond acceptors (Lipinski definition) is 4. The van der Waals surface area contributed by atoms with Gasteiger partial charge in [0.15, 0.2) is 0 Å². The van der Waals surface area contributed by atoms with Crippen LogP contribution in [0.5, 0.6) is 5.88 Å². The summed E-state index contributed by atoms with van der Waals surface area (Å²) in [5.74, 6) is 0.435. The first-order valence-electron chi connectivity index (χ1n) is 4.34. The van der Waals surface area contributed by atoms with Crippen LogP contribution in [0.2, 0.25) is 0 Å². The fourth-order valence-electron chi connectivity index (χ4n) is 1.54. The zero-order valence-corrected chi connectivity index (χ0v) is 7.53. The predicted molar refractivity (Wildman–Crippen MR) is 46.3 cm³/mol. The van der Waals surface area contributed by atoms with Crippen LogP contribution in [0.3, 0.4) is 0 Å². The molecular weight excluding hydrogens is 168 g/mol. The van der Waals surface area contributed by atoms with E-state index < -0.39 is 5.60 Å². The van der Waals surface area contributed by atoms with Gasteiger partial charge in [-0.15, -0.1) is 0 Å². The Hall–Kier alpha value is -1.16. The average molecular weight is 180 g/mol. The van der Waals surface area contributed by atoms with Gasteiger partial charge in [-0.25, -0.2) is 4.98 Å². The molecule has 0 amide bonds. The van der Waals surface area contributed by atoms with E-state index in [1.54, 1.807) is 12.4 Å². The fraction of sp³-hybridized carbons (Fsp3) is 0.556. The van der Waals surface area contributed by atoms with E-state index in [-0.39, 0.29) is 0 Å². The molecule has 1 aromatic heterocycles. The van der Waals surface area contributed by atoms with Gasteiger partial charge in [0.05, 0.1) is 7.11 Å². The summed E-state index contributed by atoms with van der Waals surface area (Å²) in [7, 11) is 1.54. The van der Waals surface area contributed by atoms with Crippen molar-refractivity contribution in [1.29, 1.82) is 0 Å². The maximum Gasteiger partial charge on any atom is 0.238 e. The van der Waals surface area contributed by atoms with Crippen molar-refractivity contribution in [2.75, 3.05) is 7.11 Å². The highest BCUT2D eigenvalue weighted by Gasteiger charge is 2.40. The summed E-state index contributed by atoms with van der Waals surface area (Å²) in [5.41, 5.74) is -0.219. The van der Waals surface area contributed by atoms with Crippen molar-refractivity contribution in [3.63, 3.8) is 0 Å². The lowest BCUT2D eigenvalue weighted by Gasteiger charge is -2.35. The highest BCUT2D eigenvalue weighted by molar-refractivity contribution is 5.26. The normalized spacial score (nSPS) is 19.2. The molecule has 0 bridgehead atoms. The average Bonchev–Trinajstić information content (AvgIpc) is 2.14. The van der Waals surface area contributed by atoms with Crippen LogP contribution in [-0.2, 0) is 5.60 Å². The molecule has 0 unspecified atom stereocenters. The second kappa shape index (κ2) is 2.96. The Morgan fingerprint density at radius 2 is 2.08 bits per heavy atom. The highest BCUT2D eigenvalue weighted by Crippen LogP contribution is 2.42. The Morgan fingerprint density at radius 1 is 1.38 bits per heavy atom. The first kappa shape index (κ1) is 8.44. The molecule has 2 rings (SSSR count). The number of rotatable bonds is 2. The largest absolute Gasteiger partial charge is 0.480 e. The van der Waals surface area contributed by atoms with Gasteiger partial charge in [0.25, 0.3) is 0 Å². The smallest absolute Gasteiger partial charge is 0.238 e. The zero-order chi connectivity index (χ0) is 9.31. The zero-order valence-electron chi connectivity index (χ0n) is 7.53. The minimum Gasteiger partial charge on any atom is -0.480 e. The summed E-state index contributed by atoms with van der Waals surface area (Å²) in [5, 5.41) is 10.0. The lowest BCUT2D eigenvalue weighted by Crippen LogP contribution is -2.35. The molecule has 0 aromatic carbocycles. The van der Waals surface area contributed by atoms with E-state index in [1.807, 2.05) is 0 Å². The molecule has 1 aliphatic carbocycles. The monoisotopic (exact) mass is 180 g/mol. The summed E-state index contributed by atoms with van der Waals surface area (Å²) < 4.78 is 5.03. The van der Waals surface area contributed by atoms with Crippen LogP contribution >= 0.6 is 0 Å². The number of nitrogens with zero attached hydrogens (tertiary/aromatic N) is 2. The second-order valence-corrected chi connectivity index (χ2v) is 3.30. The summed E-state index contributed by atoms with van der Waals surface area (Å²) >= 11 is 0. The number of hydrogen-bond donors (Lipinski definition) is 1. The topological polar surface area (TPSA) is 55.2 Å². The molecule has 70 valence electrons. The van der Waals surface area contributed by atoms with Crippen molar-refractivity contribution in [2.24, 2.45) is 0 Å². The molecule has 0 atom stereocenters. The Balaban J connectivity index is 2.38. The molecule has 1 aliphatic rings. The third-order valence-corrected chi connectivity index (χ3v) is 2.48. The SMILES string of the molecule is COc1nccnc1C1(O)CCC1. The van der Waals surface area contributed by atoms with Crippen molar-refractivity contribution in [3.8, 4) is 5.88 Å². The molecule has 1 aromatic rings. The van der Waals surface area contributed by atoms with E-state index in [4.69, 9.17) is 4.74 Å². The first-order chi connectivity index (χ1) is 6.26. The van der Waals surface area contributed by atoms with E-state index in [0.29, 0.717) is 11.6 Å². The van der Waals surface area contributed by atoms with Gasteiger partial charge in [-0.2, -0.15) is 0 Å². The van der Waals surface area contributed by atoms with E-state index >= 15 is 0 Å². The Labute approximate surface area is 76.6 Å². The van der Waals surface area contributed by atoms with Crippen molar-refractivity contribution in [3.05, 3.63) is 18.1 Å². The van der Waals surface area contributed by atoms with Crippen molar-refractivity contribution < 1.29 is 9.84 Å². The quantitative estimate of drug-likeness (QED) is 0.733. The molecule has 1 N–H and O–H groups in total. The van der Waals surface area contributed by atoms with Crippen molar-refractivity contribution >= 4 is 0 Å². The van der Waals surface area contributed by atoms with Gasteiger partial charge in [0.1, 0.15) is 11.3 Å². The molecular formula is C9H12N2O2. The minimum absolute atomic E-state index is 0.435. The van der Waals surface area contributed by atoms with Gasteiger partial charge >= 0.3 is 0 Å². The lowest BCUT2D eigenvalue weighted by atomic mass is 9.78. The molecule has 0 spiro atoms. The van der Waals surface area contributed by atoms with Gasteiger partial charge in [-0.1, -0.05) is 0 Å². The predicted octanol–water partition coefficient (Wildman–Crippen LogP) is 0.857. The Bertz CT molecular complexity index is 310. The number of aromatic nitrogens is 2. The van der Waals surface area contributed by atoms with Crippen LogP contribution in [-0.4, -0.2) is 22.2 Å². The summed E-state index contributed by atoms with van der Waals surface area (Å²) in [4.78, 5) is 8.11. The Morgan fingerprint density at radius 3 is 2.62 bits per heavy atom. The molecule has 0 radical (unpaired) electrons. The Kier molecular flexibility index (Phi) is 1.92. The van der Waals surface area contributed by atoms with Crippen LogP contribution in [0, 0.1) is 0 Å².